The summed E-state index contributed by atoms with van der Waals surface area (Å²) >= 11 is 0. The summed E-state index contributed by atoms with van der Waals surface area (Å²) in [4.78, 5) is 4.05. The molecule has 0 radical (unpaired) electrons. The summed E-state index contributed by atoms with van der Waals surface area (Å²) in [6.45, 7) is 5.69. The maximum Gasteiger partial charge on any atom is 0.242 e. The Bertz CT molecular complexity index is 514. The monoisotopic (exact) mass is 283 g/mol. The average Bonchev–Trinajstić information content (AvgIpc) is 2.38. The van der Waals surface area contributed by atoms with Gasteiger partial charge >= 0.3 is 0 Å². The Morgan fingerprint density at radius 3 is 2.95 bits per heavy atom. The molecule has 106 valence electrons. The van der Waals surface area contributed by atoms with Crippen molar-refractivity contribution < 1.29 is 8.42 Å². The van der Waals surface area contributed by atoms with Gasteiger partial charge in [0.05, 0.1) is 0 Å². The van der Waals surface area contributed by atoms with Crippen molar-refractivity contribution in [3.05, 3.63) is 24.5 Å². The van der Waals surface area contributed by atoms with Crippen LogP contribution in [-0.4, -0.2) is 32.5 Å². The first-order valence-corrected chi connectivity index (χ1v) is 8.03. The Kier molecular flexibility index (Phi) is 4.23. The number of rotatable bonds is 4. The van der Waals surface area contributed by atoms with E-state index in [4.69, 9.17) is 0 Å². The van der Waals surface area contributed by atoms with Crippen molar-refractivity contribution in [2.75, 3.05) is 13.1 Å². The number of hydrogen-bond donors (Lipinski definition) is 2. The quantitative estimate of drug-likeness (QED) is 0.869. The lowest BCUT2D eigenvalue weighted by molar-refractivity contribution is 0.181. The van der Waals surface area contributed by atoms with Crippen LogP contribution < -0.4 is 10.0 Å². The molecule has 0 spiro atoms. The third-order valence-electron chi connectivity index (χ3n) is 3.75. The Morgan fingerprint density at radius 2 is 2.32 bits per heavy atom. The predicted molar refractivity (Wildman–Crippen MR) is 74.2 cm³/mol. The van der Waals surface area contributed by atoms with Crippen molar-refractivity contribution in [1.82, 2.24) is 15.0 Å². The van der Waals surface area contributed by atoms with Crippen molar-refractivity contribution in [3.63, 3.8) is 0 Å². The van der Waals surface area contributed by atoms with Gasteiger partial charge < -0.3 is 5.32 Å². The minimum Gasteiger partial charge on any atom is -0.312 e. The molecule has 2 N–H and O–H groups in total. The molecule has 2 heterocycles. The lowest BCUT2D eigenvalue weighted by atomic mass is 9.78. The van der Waals surface area contributed by atoms with E-state index in [1.807, 2.05) is 0 Å². The first-order chi connectivity index (χ1) is 8.92. The Balaban J connectivity index is 2.02. The topological polar surface area (TPSA) is 71.1 Å². The highest BCUT2D eigenvalue weighted by Crippen LogP contribution is 2.29. The van der Waals surface area contributed by atoms with Crippen LogP contribution in [0, 0.1) is 5.41 Å². The van der Waals surface area contributed by atoms with Crippen LogP contribution >= 0.6 is 0 Å². The van der Waals surface area contributed by atoms with Gasteiger partial charge in [0.1, 0.15) is 4.90 Å². The lowest BCUT2D eigenvalue weighted by Gasteiger charge is -2.39. The molecule has 0 saturated carbocycles. The minimum atomic E-state index is -3.46. The number of pyridine rings is 1. The molecule has 0 amide bonds. The molecule has 1 saturated heterocycles. The molecule has 0 aliphatic carbocycles. The van der Waals surface area contributed by atoms with Crippen molar-refractivity contribution in [3.8, 4) is 0 Å². The van der Waals surface area contributed by atoms with E-state index in [-0.39, 0.29) is 16.4 Å². The third kappa shape index (κ3) is 3.52. The molecular formula is C13H21N3O2S. The predicted octanol–water partition coefficient (Wildman–Crippen LogP) is 1.14. The molecule has 1 unspecified atom stereocenters. The molecule has 1 atom stereocenters. The molecule has 0 aromatic carbocycles. The highest BCUT2D eigenvalue weighted by Gasteiger charge is 2.32. The fraction of sp³-hybridized carbons (Fsp3) is 0.615. The van der Waals surface area contributed by atoms with Gasteiger partial charge in [-0.25, -0.2) is 13.1 Å². The van der Waals surface area contributed by atoms with Gasteiger partial charge in [0.15, 0.2) is 0 Å². The average molecular weight is 283 g/mol. The normalized spacial score (nSPS) is 23.2. The number of piperidine rings is 1. The zero-order valence-electron chi connectivity index (χ0n) is 11.4. The molecule has 19 heavy (non-hydrogen) atoms. The second kappa shape index (κ2) is 5.56. The fourth-order valence-electron chi connectivity index (χ4n) is 2.40. The van der Waals surface area contributed by atoms with Crippen LogP contribution in [0.5, 0.6) is 0 Å². The Labute approximate surface area is 114 Å². The smallest absolute Gasteiger partial charge is 0.242 e. The van der Waals surface area contributed by atoms with E-state index in [9.17, 15) is 8.42 Å². The molecule has 1 aliphatic rings. The Morgan fingerprint density at radius 1 is 1.53 bits per heavy atom. The van der Waals surface area contributed by atoms with Crippen LogP contribution in [0.15, 0.2) is 29.4 Å². The van der Waals surface area contributed by atoms with Crippen LogP contribution in [0.25, 0.3) is 0 Å². The van der Waals surface area contributed by atoms with Gasteiger partial charge in [0, 0.05) is 25.0 Å². The van der Waals surface area contributed by atoms with Gasteiger partial charge in [-0.05, 0) is 36.9 Å². The Hall–Kier alpha value is -0.980. The number of sulfonamides is 1. The van der Waals surface area contributed by atoms with Crippen LogP contribution in [0.4, 0.5) is 0 Å². The molecule has 1 aromatic heterocycles. The van der Waals surface area contributed by atoms with E-state index < -0.39 is 10.0 Å². The molecule has 1 aliphatic heterocycles. The van der Waals surface area contributed by atoms with Gasteiger partial charge in [-0.3, -0.25) is 4.98 Å². The SMILES string of the molecule is CC1(C)CCCNC1CNS(=O)(=O)c1cccnc1. The standard InChI is InChI=1S/C13H21N3O2S/c1-13(2)6-4-8-15-12(13)10-16-19(17,18)11-5-3-7-14-9-11/h3,5,7,9,12,15-16H,4,6,8,10H2,1-2H3. The van der Waals surface area contributed by atoms with E-state index in [1.54, 1.807) is 18.3 Å². The molecule has 2 rings (SSSR count). The lowest BCUT2D eigenvalue weighted by Crippen LogP contribution is -2.52. The van der Waals surface area contributed by atoms with Gasteiger partial charge in [0.25, 0.3) is 0 Å². The number of aromatic nitrogens is 1. The zero-order chi connectivity index (χ0) is 13.9. The summed E-state index contributed by atoms with van der Waals surface area (Å²) in [6, 6.07) is 3.33. The van der Waals surface area contributed by atoms with Crippen molar-refractivity contribution in [1.29, 1.82) is 0 Å². The van der Waals surface area contributed by atoms with Crippen LogP contribution in [0.2, 0.25) is 0 Å². The minimum absolute atomic E-state index is 0.107. The van der Waals surface area contributed by atoms with E-state index in [0.717, 1.165) is 19.4 Å². The summed E-state index contributed by atoms with van der Waals surface area (Å²) in [5.74, 6) is 0. The van der Waals surface area contributed by atoms with Crippen LogP contribution in [0.3, 0.4) is 0 Å². The van der Waals surface area contributed by atoms with E-state index in [1.165, 1.54) is 6.20 Å². The van der Waals surface area contributed by atoms with Crippen LogP contribution in [-0.2, 0) is 10.0 Å². The van der Waals surface area contributed by atoms with Crippen LogP contribution in [0.1, 0.15) is 26.7 Å². The molecule has 5 nitrogen and oxygen atoms in total. The fourth-order valence-corrected chi connectivity index (χ4v) is 3.41. The number of hydrogen-bond acceptors (Lipinski definition) is 4. The van der Waals surface area contributed by atoms with E-state index >= 15 is 0 Å². The second-order valence-electron chi connectivity index (χ2n) is 5.64. The van der Waals surface area contributed by atoms with Gasteiger partial charge in [-0.15, -0.1) is 0 Å². The molecule has 0 bridgehead atoms. The maximum atomic E-state index is 12.1. The number of nitrogens with one attached hydrogen (secondary N) is 2. The first kappa shape index (κ1) is 14.4. The molecule has 1 fully saturated rings. The molecule has 1 aromatic rings. The summed E-state index contributed by atoms with van der Waals surface area (Å²) in [5, 5.41) is 3.39. The van der Waals surface area contributed by atoms with Gasteiger partial charge in [-0.2, -0.15) is 0 Å². The third-order valence-corrected chi connectivity index (χ3v) is 5.16. The van der Waals surface area contributed by atoms with Crippen molar-refractivity contribution in [2.24, 2.45) is 5.41 Å². The van der Waals surface area contributed by atoms with Gasteiger partial charge in [0.2, 0.25) is 10.0 Å². The summed E-state index contributed by atoms with van der Waals surface area (Å²) in [5.41, 5.74) is 0.107. The van der Waals surface area contributed by atoms with E-state index in [0.29, 0.717) is 6.54 Å². The van der Waals surface area contributed by atoms with Crippen molar-refractivity contribution in [2.45, 2.75) is 37.6 Å². The van der Waals surface area contributed by atoms with E-state index in [2.05, 4.69) is 28.9 Å². The summed E-state index contributed by atoms with van der Waals surface area (Å²) in [7, 11) is -3.46. The first-order valence-electron chi connectivity index (χ1n) is 6.55. The number of nitrogens with zero attached hydrogens (tertiary/aromatic N) is 1. The largest absolute Gasteiger partial charge is 0.312 e. The highest BCUT2D eigenvalue weighted by molar-refractivity contribution is 7.89. The van der Waals surface area contributed by atoms with Crippen molar-refractivity contribution >= 4 is 10.0 Å². The summed E-state index contributed by atoms with van der Waals surface area (Å²) in [6.07, 6.45) is 5.17. The maximum absolute atomic E-state index is 12.1. The molecular weight excluding hydrogens is 262 g/mol. The highest BCUT2D eigenvalue weighted by atomic mass is 32.2. The zero-order valence-corrected chi connectivity index (χ0v) is 12.2. The molecule has 6 heteroatoms. The second-order valence-corrected chi connectivity index (χ2v) is 7.41. The van der Waals surface area contributed by atoms with Gasteiger partial charge in [-0.1, -0.05) is 13.8 Å². The summed E-state index contributed by atoms with van der Waals surface area (Å²) < 4.78 is 26.9.